The van der Waals surface area contributed by atoms with Crippen molar-refractivity contribution in [1.82, 2.24) is 24.9 Å². The minimum atomic E-state index is 0.668. The van der Waals surface area contributed by atoms with E-state index in [1.54, 1.807) is 10.7 Å². The van der Waals surface area contributed by atoms with Crippen molar-refractivity contribution in [2.45, 2.75) is 13.3 Å². The topological polar surface area (TPSA) is 55.1 Å². The zero-order valence-corrected chi connectivity index (χ0v) is 8.36. The monoisotopic (exact) mass is 191 g/mol. The normalized spacial score (nSPS) is 11.0. The number of likely N-dealkylation sites (N-methyl/N-ethyl adjacent to an activating group) is 1. The highest BCUT2D eigenvalue weighted by molar-refractivity contribution is 5.27. The minimum Gasteiger partial charge on any atom is -0.319 e. The molecule has 0 fully saturated rings. The van der Waals surface area contributed by atoms with Crippen LogP contribution in [0.25, 0.3) is 5.78 Å². The fourth-order valence-electron chi connectivity index (χ4n) is 1.26. The Hall–Kier alpha value is -1.49. The molecular formula is C9H13N5. The van der Waals surface area contributed by atoms with Crippen LogP contribution in [-0.4, -0.2) is 33.2 Å². The summed E-state index contributed by atoms with van der Waals surface area (Å²) in [7, 11) is 1.91. The highest BCUT2D eigenvalue weighted by Gasteiger charge is 2.03. The Bertz CT molecular complexity index is 434. The molecule has 5 nitrogen and oxygen atoms in total. The van der Waals surface area contributed by atoms with E-state index < -0.39 is 0 Å². The van der Waals surface area contributed by atoms with Crippen molar-refractivity contribution in [2.75, 3.05) is 13.6 Å². The average Bonchev–Trinajstić information content (AvgIpc) is 2.56. The molecule has 2 heterocycles. The van der Waals surface area contributed by atoms with Gasteiger partial charge in [-0.05, 0) is 19.5 Å². The number of aromatic nitrogens is 4. The Balaban J connectivity index is 2.32. The van der Waals surface area contributed by atoms with Gasteiger partial charge in [0.1, 0.15) is 0 Å². The lowest BCUT2D eigenvalue weighted by molar-refractivity contribution is 0.751. The number of hydrogen-bond donors (Lipinski definition) is 1. The van der Waals surface area contributed by atoms with Gasteiger partial charge in [-0.2, -0.15) is 4.98 Å². The quantitative estimate of drug-likeness (QED) is 0.752. The van der Waals surface area contributed by atoms with E-state index >= 15 is 0 Å². The van der Waals surface area contributed by atoms with Crippen LogP contribution in [0.15, 0.2) is 12.4 Å². The molecule has 0 atom stereocenters. The molecule has 0 aromatic carbocycles. The van der Waals surface area contributed by atoms with Crippen LogP contribution in [0, 0.1) is 6.92 Å². The Kier molecular flexibility index (Phi) is 2.41. The van der Waals surface area contributed by atoms with Gasteiger partial charge in [0.15, 0.2) is 5.82 Å². The molecule has 14 heavy (non-hydrogen) atoms. The number of aryl methyl sites for hydroxylation is 1. The van der Waals surface area contributed by atoms with Crippen molar-refractivity contribution < 1.29 is 0 Å². The van der Waals surface area contributed by atoms with E-state index in [-0.39, 0.29) is 0 Å². The fourth-order valence-corrected chi connectivity index (χ4v) is 1.26. The molecular weight excluding hydrogens is 178 g/mol. The summed E-state index contributed by atoms with van der Waals surface area (Å²) in [5.74, 6) is 1.50. The molecule has 0 bridgehead atoms. The van der Waals surface area contributed by atoms with Gasteiger partial charge in [0.25, 0.3) is 5.78 Å². The smallest absolute Gasteiger partial charge is 0.252 e. The number of nitrogens with one attached hydrogen (secondary N) is 1. The molecule has 0 unspecified atom stereocenters. The van der Waals surface area contributed by atoms with Crippen molar-refractivity contribution in [3.63, 3.8) is 0 Å². The van der Waals surface area contributed by atoms with Gasteiger partial charge in [-0.1, -0.05) is 0 Å². The number of hydrogen-bond acceptors (Lipinski definition) is 4. The molecule has 0 aliphatic rings. The summed E-state index contributed by atoms with van der Waals surface area (Å²) >= 11 is 0. The summed E-state index contributed by atoms with van der Waals surface area (Å²) in [6.45, 7) is 2.87. The standard InChI is InChI=1S/C9H13N5/c1-7-5-11-9-12-8(3-4-10-2)13-14(9)6-7/h5-6,10H,3-4H2,1-2H3. The van der Waals surface area contributed by atoms with Crippen LogP contribution in [0.3, 0.4) is 0 Å². The molecule has 0 aliphatic carbocycles. The fraction of sp³-hybridized carbons (Fsp3) is 0.444. The first-order chi connectivity index (χ1) is 6.79. The van der Waals surface area contributed by atoms with Gasteiger partial charge in [-0.15, -0.1) is 5.10 Å². The lowest BCUT2D eigenvalue weighted by atomic mass is 10.4. The third-order valence-corrected chi connectivity index (χ3v) is 1.97. The predicted molar refractivity (Wildman–Crippen MR) is 53.1 cm³/mol. The molecule has 74 valence electrons. The molecule has 0 spiro atoms. The summed E-state index contributed by atoms with van der Waals surface area (Å²) in [6.07, 6.45) is 4.56. The first-order valence-electron chi connectivity index (χ1n) is 4.62. The molecule has 2 aromatic rings. The van der Waals surface area contributed by atoms with Crippen LogP contribution in [0.1, 0.15) is 11.4 Å². The Labute approximate surface area is 82.2 Å². The first-order valence-corrected chi connectivity index (χ1v) is 4.62. The molecule has 0 saturated heterocycles. The van der Waals surface area contributed by atoms with Gasteiger partial charge < -0.3 is 5.32 Å². The molecule has 0 amide bonds. The maximum Gasteiger partial charge on any atom is 0.252 e. The van der Waals surface area contributed by atoms with E-state index in [1.165, 1.54) is 0 Å². The Morgan fingerprint density at radius 2 is 2.36 bits per heavy atom. The van der Waals surface area contributed by atoms with E-state index in [2.05, 4.69) is 20.4 Å². The van der Waals surface area contributed by atoms with Gasteiger partial charge in [0.05, 0.1) is 0 Å². The lowest BCUT2D eigenvalue weighted by Crippen LogP contribution is -2.11. The van der Waals surface area contributed by atoms with Crippen LogP contribution in [0.2, 0.25) is 0 Å². The highest BCUT2D eigenvalue weighted by Crippen LogP contribution is 2.00. The average molecular weight is 191 g/mol. The molecule has 0 aliphatic heterocycles. The second-order valence-corrected chi connectivity index (χ2v) is 3.26. The van der Waals surface area contributed by atoms with Crippen LogP contribution in [0.5, 0.6) is 0 Å². The van der Waals surface area contributed by atoms with Crippen LogP contribution in [-0.2, 0) is 6.42 Å². The largest absolute Gasteiger partial charge is 0.319 e. The summed E-state index contributed by atoms with van der Waals surface area (Å²) < 4.78 is 1.72. The third-order valence-electron chi connectivity index (χ3n) is 1.97. The lowest BCUT2D eigenvalue weighted by Gasteiger charge is -1.91. The summed E-state index contributed by atoms with van der Waals surface area (Å²) in [5, 5.41) is 7.38. The van der Waals surface area contributed by atoms with Gasteiger partial charge in [-0.25, -0.2) is 9.50 Å². The maximum atomic E-state index is 4.31. The van der Waals surface area contributed by atoms with Crippen molar-refractivity contribution in [2.24, 2.45) is 0 Å². The highest BCUT2D eigenvalue weighted by atomic mass is 15.3. The SMILES string of the molecule is CNCCc1nc2ncc(C)cn2n1. The van der Waals surface area contributed by atoms with E-state index in [0.29, 0.717) is 5.78 Å². The summed E-state index contributed by atoms with van der Waals surface area (Å²) in [4.78, 5) is 8.47. The Morgan fingerprint density at radius 1 is 1.50 bits per heavy atom. The predicted octanol–water partition coefficient (Wildman–Crippen LogP) is 0.195. The minimum absolute atomic E-state index is 0.668. The summed E-state index contributed by atoms with van der Waals surface area (Å²) in [6, 6.07) is 0. The molecule has 2 rings (SSSR count). The second kappa shape index (κ2) is 3.71. The molecule has 2 aromatic heterocycles. The number of nitrogens with zero attached hydrogens (tertiary/aromatic N) is 4. The zero-order chi connectivity index (χ0) is 9.97. The van der Waals surface area contributed by atoms with Crippen molar-refractivity contribution >= 4 is 5.78 Å². The Morgan fingerprint density at radius 3 is 3.14 bits per heavy atom. The van der Waals surface area contributed by atoms with Gasteiger partial charge in [-0.3, -0.25) is 0 Å². The van der Waals surface area contributed by atoms with Gasteiger partial charge in [0.2, 0.25) is 0 Å². The van der Waals surface area contributed by atoms with Crippen LogP contribution >= 0.6 is 0 Å². The van der Waals surface area contributed by atoms with Crippen LogP contribution in [0.4, 0.5) is 0 Å². The first kappa shape index (κ1) is 9.08. The zero-order valence-electron chi connectivity index (χ0n) is 8.36. The summed E-state index contributed by atoms with van der Waals surface area (Å²) in [5.41, 5.74) is 1.09. The van der Waals surface area contributed by atoms with Gasteiger partial charge in [0, 0.05) is 25.4 Å². The second-order valence-electron chi connectivity index (χ2n) is 3.26. The van der Waals surface area contributed by atoms with Gasteiger partial charge >= 0.3 is 0 Å². The maximum absolute atomic E-state index is 4.31. The number of rotatable bonds is 3. The van der Waals surface area contributed by atoms with Crippen molar-refractivity contribution in [3.8, 4) is 0 Å². The van der Waals surface area contributed by atoms with E-state index in [9.17, 15) is 0 Å². The molecule has 0 radical (unpaired) electrons. The third kappa shape index (κ3) is 1.72. The van der Waals surface area contributed by atoms with Crippen LogP contribution < -0.4 is 5.32 Å². The van der Waals surface area contributed by atoms with E-state index in [1.807, 2.05) is 20.2 Å². The van der Waals surface area contributed by atoms with Crippen molar-refractivity contribution in [1.29, 1.82) is 0 Å². The number of fused-ring (bicyclic) bond motifs is 1. The molecule has 1 N–H and O–H groups in total. The molecule has 5 heteroatoms. The molecule has 0 saturated carbocycles. The van der Waals surface area contributed by atoms with E-state index in [0.717, 1.165) is 24.4 Å². The van der Waals surface area contributed by atoms with Crippen molar-refractivity contribution in [3.05, 3.63) is 23.8 Å². The van der Waals surface area contributed by atoms with E-state index in [4.69, 9.17) is 0 Å².